The van der Waals surface area contributed by atoms with Gasteiger partial charge in [0.2, 0.25) is 5.91 Å². The normalized spacial score (nSPS) is 26.7. The van der Waals surface area contributed by atoms with Crippen molar-refractivity contribution in [3.8, 4) is 0 Å². The molecule has 9 nitrogen and oxygen atoms in total. The van der Waals surface area contributed by atoms with E-state index in [1.807, 2.05) is 0 Å². The Morgan fingerprint density at radius 3 is 2.47 bits per heavy atom. The molecule has 1 aliphatic rings. The van der Waals surface area contributed by atoms with E-state index < -0.39 is 29.8 Å². The van der Waals surface area contributed by atoms with Gasteiger partial charge in [-0.05, 0) is 6.42 Å². The van der Waals surface area contributed by atoms with E-state index in [1.54, 1.807) is 0 Å². The lowest BCUT2D eigenvalue weighted by Gasteiger charge is -2.22. The van der Waals surface area contributed by atoms with Crippen LogP contribution < -0.4 is 15.7 Å². The fourth-order valence-electron chi connectivity index (χ4n) is 1.20. The highest BCUT2D eigenvalue weighted by Gasteiger charge is 2.40. The van der Waals surface area contributed by atoms with Gasteiger partial charge in [0.25, 0.3) is 0 Å². The predicted molar refractivity (Wildman–Crippen MR) is 50.8 cm³/mol. The van der Waals surface area contributed by atoms with Crippen molar-refractivity contribution in [3.05, 3.63) is 0 Å². The Morgan fingerprint density at radius 1 is 1.60 bits per heavy atom. The first kappa shape index (κ1) is 12.6. The molecule has 1 saturated heterocycles. The molecule has 11 heteroatoms. The summed E-state index contributed by atoms with van der Waals surface area (Å²) in [4.78, 5) is 11.3. The molecule has 0 spiro atoms. The third-order valence-corrected chi connectivity index (χ3v) is 4.91. The summed E-state index contributed by atoms with van der Waals surface area (Å²) in [5, 5.41) is 0. The maximum Gasteiger partial charge on any atom is 0.341 e. The third kappa shape index (κ3) is 2.97. The van der Waals surface area contributed by atoms with Gasteiger partial charge in [0.1, 0.15) is 0 Å². The highest BCUT2D eigenvalue weighted by Crippen LogP contribution is 2.40. The molecular formula is C4H11N4O5PS. The van der Waals surface area contributed by atoms with Gasteiger partial charge >= 0.3 is 17.9 Å². The van der Waals surface area contributed by atoms with Gasteiger partial charge in [-0.15, -0.1) is 4.49 Å². The van der Waals surface area contributed by atoms with E-state index in [4.69, 9.17) is 15.8 Å². The second kappa shape index (κ2) is 3.81. The number of nitrogens with two attached hydrogens (primary N) is 2. The molecule has 0 bridgehead atoms. The molecule has 1 fully saturated rings. The number of rotatable bonds is 3. The third-order valence-electron chi connectivity index (χ3n) is 1.83. The number of nitrogens with one attached hydrogen (secondary N) is 1. The van der Waals surface area contributed by atoms with Crippen molar-refractivity contribution in [1.29, 1.82) is 0 Å². The van der Waals surface area contributed by atoms with Crippen LogP contribution in [0.4, 0.5) is 0 Å². The van der Waals surface area contributed by atoms with Crippen LogP contribution in [0, 0.1) is 0 Å². The van der Waals surface area contributed by atoms with Gasteiger partial charge in [0, 0.05) is 6.54 Å². The Morgan fingerprint density at radius 2 is 2.13 bits per heavy atom. The smallest absolute Gasteiger partial charge is 0.320 e. The quantitative estimate of drug-likeness (QED) is 0.337. The summed E-state index contributed by atoms with van der Waals surface area (Å²) in [6.07, 6.45) is 0.229. The van der Waals surface area contributed by atoms with E-state index in [0.717, 1.165) is 0 Å². The maximum absolute atomic E-state index is 11.6. The maximum atomic E-state index is 11.6. The van der Waals surface area contributed by atoms with E-state index in [0.29, 0.717) is 4.67 Å². The SMILES string of the molecule is N[C@@H]1CCN(P(N)(=O)NS(=O)(=O)O)C1=O. The summed E-state index contributed by atoms with van der Waals surface area (Å²) >= 11 is 0. The molecule has 1 rings (SSSR count). The molecule has 0 radical (unpaired) electrons. The van der Waals surface area contributed by atoms with E-state index in [2.05, 4.69) is 0 Å². The molecule has 1 unspecified atom stereocenters. The second-order valence-corrected chi connectivity index (χ2v) is 6.45. The van der Waals surface area contributed by atoms with Crippen LogP contribution >= 0.6 is 7.59 Å². The average molecular weight is 258 g/mol. The number of hydrogen-bond donors (Lipinski definition) is 4. The lowest BCUT2D eigenvalue weighted by Crippen LogP contribution is -2.39. The molecule has 0 aromatic heterocycles. The topological polar surface area (TPSA) is 156 Å². The molecule has 6 N–H and O–H groups in total. The van der Waals surface area contributed by atoms with Crippen molar-refractivity contribution in [2.75, 3.05) is 6.54 Å². The van der Waals surface area contributed by atoms with E-state index in [1.165, 1.54) is 4.49 Å². The molecule has 0 aromatic carbocycles. The number of carbonyl (C=O) groups is 1. The van der Waals surface area contributed by atoms with Gasteiger partial charge < -0.3 is 5.73 Å². The molecule has 1 heterocycles. The molecule has 0 aromatic rings. The molecule has 1 amide bonds. The van der Waals surface area contributed by atoms with Gasteiger partial charge in [0.15, 0.2) is 0 Å². The number of carbonyl (C=O) groups excluding carboxylic acids is 1. The van der Waals surface area contributed by atoms with Gasteiger partial charge in [-0.1, -0.05) is 0 Å². The minimum atomic E-state index is -4.73. The first-order chi connectivity index (χ1) is 6.63. The van der Waals surface area contributed by atoms with Crippen molar-refractivity contribution >= 4 is 23.8 Å². The standard InChI is InChI=1S/C4H11N4O5PS/c5-3-1-2-8(4(3)9)14(6,10)7-15(11,12)13/h3H,1-2,5H2,(H3,6,7,10)(H,11,12,13)/t3-,14?/m1/s1. The molecular weight excluding hydrogens is 247 g/mol. The summed E-state index contributed by atoms with van der Waals surface area (Å²) < 4.78 is 42.7. The first-order valence-corrected chi connectivity index (χ1v) is 7.03. The van der Waals surface area contributed by atoms with E-state index in [9.17, 15) is 17.8 Å². The summed E-state index contributed by atoms with van der Waals surface area (Å²) in [5.74, 6) is -0.711. The van der Waals surface area contributed by atoms with Crippen LogP contribution in [-0.2, 0) is 19.7 Å². The Bertz CT molecular complexity index is 421. The lowest BCUT2D eigenvalue weighted by molar-refractivity contribution is -0.124. The van der Waals surface area contributed by atoms with Crippen molar-refractivity contribution in [2.45, 2.75) is 12.5 Å². The zero-order valence-corrected chi connectivity index (χ0v) is 9.24. The lowest BCUT2D eigenvalue weighted by atomic mass is 10.3. The highest BCUT2D eigenvalue weighted by molar-refractivity contribution is 7.90. The van der Waals surface area contributed by atoms with Gasteiger partial charge in [-0.3, -0.25) is 24.1 Å². The van der Waals surface area contributed by atoms with Crippen molar-refractivity contribution in [2.24, 2.45) is 11.2 Å². The Kier molecular flexibility index (Phi) is 3.19. The van der Waals surface area contributed by atoms with Crippen LogP contribution in [0.3, 0.4) is 0 Å². The summed E-state index contributed by atoms with van der Waals surface area (Å²) in [6, 6.07) is -0.843. The fraction of sp³-hybridized carbons (Fsp3) is 0.750. The predicted octanol–water partition coefficient (Wildman–Crippen LogP) is -1.99. The Balaban J connectivity index is 2.88. The summed E-state index contributed by atoms with van der Waals surface area (Å²) in [7, 11) is -8.87. The zero-order chi connectivity index (χ0) is 11.9. The largest absolute Gasteiger partial charge is 0.341 e. The minimum absolute atomic E-state index is 0.0176. The van der Waals surface area contributed by atoms with Crippen molar-refractivity contribution in [3.63, 3.8) is 0 Å². The van der Waals surface area contributed by atoms with Crippen LogP contribution in [0.1, 0.15) is 6.42 Å². The number of nitrogens with zero attached hydrogens (tertiary/aromatic N) is 1. The van der Waals surface area contributed by atoms with Crippen molar-refractivity contribution in [1.82, 2.24) is 9.16 Å². The minimum Gasteiger partial charge on any atom is -0.320 e. The van der Waals surface area contributed by atoms with Crippen LogP contribution in [0.5, 0.6) is 0 Å². The molecule has 1 aliphatic heterocycles. The molecule has 0 saturated carbocycles. The highest BCUT2D eigenvalue weighted by atomic mass is 32.2. The van der Waals surface area contributed by atoms with Crippen LogP contribution in [0.25, 0.3) is 0 Å². The molecule has 2 atom stereocenters. The van der Waals surface area contributed by atoms with Gasteiger partial charge in [-0.2, -0.15) is 8.42 Å². The zero-order valence-electron chi connectivity index (χ0n) is 7.53. The Hall–Kier alpha value is -0.510. The summed E-state index contributed by atoms with van der Waals surface area (Å²) in [6.45, 7) is -0.0176. The van der Waals surface area contributed by atoms with Crippen LogP contribution in [-0.4, -0.2) is 36.1 Å². The summed E-state index contributed by atoms with van der Waals surface area (Å²) in [5.41, 5.74) is 10.4. The van der Waals surface area contributed by atoms with Crippen LogP contribution in [0.2, 0.25) is 0 Å². The molecule has 15 heavy (non-hydrogen) atoms. The number of hydrogen-bond acceptors (Lipinski definition) is 5. The van der Waals surface area contributed by atoms with E-state index >= 15 is 0 Å². The van der Waals surface area contributed by atoms with Gasteiger partial charge in [-0.25, -0.2) is 0 Å². The monoisotopic (exact) mass is 258 g/mol. The van der Waals surface area contributed by atoms with Gasteiger partial charge in [0.05, 0.1) is 6.04 Å². The van der Waals surface area contributed by atoms with Crippen LogP contribution in [0.15, 0.2) is 0 Å². The Labute approximate surface area is 86.2 Å². The average Bonchev–Trinajstić information content (AvgIpc) is 2.27. The fourth-order valence-corrected chi connectivity index (χ4v) is 3.77. The second-order valence-electron chi connectivity index (χ2n) is 3.05. The van der Waals surface area contributed by atoms with E-state index in [-0.39, 0.29) is 13.0 Å². The molecule has 88 valence electrons. The number of amides is 1. The molecule has 0 aliphatic carbocycles. The van der Waals surface area contributed by atoms with Crippen molar-refractivity contribution < 1.29 is 22.3 Å². The first-order valence-electron chi connectivity index (χ1n) is 3.86.